The Morgan fingerprint density at radius 3 is 0.894 bits per heavy atom. The zero-order valence-electron chi connectivity index (χ0n) is 31.7. The van der Waals surface area contributed by atoms with Gasteiger partial charge in [-0.25, -0.2) is 13.7 Å². The Balaban J connectivity index is 3.83. The molecule has 0 radical (unpaired) electrons. The van der Waals surface area contributed by atoms with E-state index in [0.29, 0.717) is 0 Å². The molecule has 0 aromatic rings. The lowest BCUT2D eigenvalue weighted by Gasteiger charge is -2.45. The van der Waals surface area contributed by atoms with Crippen LogP contribution < -0.4 is 0 Å². The standard InChI is InChI=1S/C30H63O14P3/c1-25(2,3)39-45(33,40-26(4,5)6)36-20-19-21(37-46(34,41-27(7,8)9)42-28(10,11)12)24(23(32)22(20)31)38-47(35,43-29(13,14)15)44-30(16,17)18/h20-24,31-32H,19H2,1-18H3/t20-,21+,22-,23-,24-/m0/s1. The van der Waals surface area contributed by atoms with Crippen molar-refractivity contribution in [1.29, 1.82) is 0 Å². The van der Waals surface area contributed by atoms with E-state index in [2.05, 4.69) is 0 Å². The molecule has 1 aliphatic rings. The van der Waals surface area contributed by atoms with E-state index in [1.165, 1.54) is 0 Å². The summed E-state index contributed by atoms with van der Waals surface area (Å²) in [5.74, 6) is 0. The molecule has 17 heteroatoms. The van der Waals surface area contributed by atoms with Gasteiger partial charge < -0.3 is 10.2 Å². The fourth-order valence-corrected chi connectivity index (χ4v) is 10.2. The maximum absolute atomic E-state index is 14.3. The molecule has 0 bridgehead atoms. The third-order valence-electron chi connectivity index (χ3n) is 4.99. The Bertz CT molecular complexity index is 1110. The molecular formula is C30H63O14P3. The van der Waals surface area contributed by atoms with E-state index in [1.807, 2.05) is 0 Å². The SMILES string of the molecule is CC(C)(C)OP(=O)(O[C@@H]1[C@@H](O)[C@@H](O)[C@@H](OP(=O)(OC(C)(C)C)OC(C)(C)C)C[C@H]1OP(=O)(OC(C)(C)C)OC(C)(C)C)OC(C)(C)C. The molecule has 0 amide bonds. The van der Waals surface area contributed by atoms with Crippen molar-refractivity contribution >= 4 is 23.5 Å². The summed E-state index contributed by atoms with van der Waals surface area (Å²) < 4.78 is 95.0. The zero-order chi connectivity index (χ0) is 37.5. The van der Waals surface area contributed by atoms with E-state index < -0.39 is 94.0 Å². The fourth-order valence-electron chi connectivity index (χ4n) is 4.15. The topological polar surface area (TPSA) is 175 Å². The maximum Gasteiger partial charge on any atom is 0.476 e. The second-order valence-electron chi connectivity index (χ2n) is 17.6. The second kappa shape index (κ2) is 15.1. The number of hydrogen-bond acceptors (Lipinski definition) is 14. The molecule has 2 N–H and O–H groups in total. The van der Waals surface area contributed by atoms with Gasteiger partial charge in [-0.1, -0.05) is 0 Å². The average Bonchev–Trinajstić information content (AvgIpc) is 2.65. The highest BCUT2D eigenvalue weighted by Gasteiger charge is 2.55. The van der Waals surface area contributed by atoms with Gasteiger partial charge >= 0.3 is 23.5 Å². The Kier molecular flexibility index (Phi) is 14.5. The average molecular weight is 741 g/mol. The van der Waals surface area contributed by atoms with Crippen molar-refractivity contribution < 1.29 is 64.6 Å². The molecule has 0 aliphatic heterocycles. The summed E-state index contributed by atoms with van der Waals surface area (Å²) in [7, 11) is -13.6. The molecule has 47 heavy (non-hydrogen) atoms. The number of phosphoric ester groups is 3. The van der Waals surface area contributed by atoms with E-state index in [0.717, 1.165) is 0 Å². The van der Waals surface area contributed by atoms with Gasteiger partial charge in [0.25, 0.3) is 0 Å². The highest BCUT2D eigenvalue weighted by atomic mass is 31.2. The summed E-state index contributed by atoms with van der Waals surface area (Å²) in [6.45, 7) is 29.5. The van der Waals surface area contributed by atoms with Crippen molar-refractivity contribution in [1.82, 2.24) is 0 Å². The van der Waals surface area contributed by atoms with Crippen LogP contribution in [0.4, 0.5) is 0 Å². The van der Waals surface area contributed by atoms with Gasteiger partial charge in [0.05, 0.1) is 33.6 Å². The lowest BCUT2D eigenvalue weighted by molar-refractivity contribution is -0.178. The molecule has 1 fully saturated rings. The quantitative estimate of drug-likeness (QED) is 0.182. The molecule has 0 heterocycles. The summed E-state index contributed by atoms with van der Waals surface area (Å²) in [5, 5.41) is 22.9. The minimum absolute atomic E-state index is 0.441. The summed E-state index contributed by atoms with van der Waals surface area (Å²) in [4.78, 5) is 0. The molecule has 0 saturated heterocycles. The van der Waals surface area contributed by atoms with Gasteiger partial charge in [0.2, 0.25) is 0 Å². The summed E-state index contributed by atoms with van der Waals surface area (Å²) in [5.41, 5.74) is -6.23. The molecule has 0 unspecified atom stereocenters. The minimum atomic E-state index is -4.56. The Morgan fingerprint density at radius 2 is 0.638 bits per heavy atom. The van der Waals surface area contributed by atoms with Crippen molar-refractivity contribution in [2.75, 3.05) is 0 Å². The summed E-state index contributed by atoms with van der Waals surface area (Å²) >= 11 is 0. The van der Waals surface area contributed by atoms with Gasteiger partial charge in [-0.3, -0.25) is 40.7 Å². The predicted molar refractivity (Wildman–Crippen MR) is 179 cm³/mol. The number of aliphatic hydroxyl groups is 2. The van der Waals surface area contributed by atoms with Crippen LogP contribution in [0.25, 0.3) is 0 Å². The van der Waals surface area contributed by atoms with Gasteiger partial charge in [0, 0.05) is 6.42 Å². The molecule has 5 atom stereocenters. The third kappa shape index (κ3) is 17.8. The third-order valence-corrected chi connectivity index (χ3v) is 11.2. The van der Waals surface area contributed by atoms with Crippen molar-refractivity contribution in [3.63, 3.8) is 0 Å². The molecule has 0 aromatic heterocycles. The van der Waals surface area contributed by atoms with Crippen LogP contribution in [0.2, 0.25) is 0 Å². The summed E-state index contributed by atoms with van der Waals surface area (Å²) in [6, 6.07) is 0. The van der Waals surface area contributed by atoms with E-state index >= 15 is 0 Å². The first-order chi connectivity index (χ1) is 20.3. The minimum Gasteiger partial charge on any atom is -0.388 e. The first kappa shape index (κ1) is 45.3. The Morgan fingerprint density at radius 1 is 0.404 bits per heavy atom. The van der Waals surface area contributed by atoms with Crippen LogP contribution in [-0.4, -0.2) is 74.3 Å². The van der Waals surface area contributed by atoms with E-state index in [9.17, 15) is 23.9 Å². The predicted octanol–water partition coefficient (Wildman–Crippen LogP) is 8.48. The van der Waals surface area contributed by atoms with Crippen LogP contribution in [-0.2, 0) is 54.4 Å². The van der Waals surface area contributed by atoms with Gasteiger partial charge in [0.1, 0.15) is 30.5 Å². The largest absolute Gasteiger partial charge is 0.476 e. The van der Waals surface area contributed by atoms with Gasteiger partial charge in [0.15, 0.2) is 0 Å². The molecular weight excluding hydrogens is 677 g/mol. The van der Waals surface area contributed by atoms with Gasteiger partial charge in [-0.2, -0.15) is 0 Å². The molecule has 0 spiro atoms. The lowest BCUT2D eigenvalue weighted by Crippen LogP contribution is -2.58. The number of hydrogen-bond donors (Lipinski definition) is 2. The van der Waals surface area contributed by atoms with Crippen LogP contribution in [0.1, 0.15) is 131 Å². The van der Waals surface area contributed by atoms with Gasteiger partial charge in [-0.05, 0) is 125 Å². The van der Waals surface area contributed by atoms with Crippen molar-refractivity contribution in [2.45, 2.75) is 195 Å². The fraction of sp³-hybridized carbons (Fsp3) is 1.00. The number of aliphatic hydroxyl groups excluding tert-OH is 2. The summed E-state index contributed by atoms with van der Waals surface area (Å²) in [6.07, 6.45) is -8.97. The van der Waals surface area contributed by atoms with Crippen molar-refractivity contribution in [3.8, 4) is 0 Å². The molecule has 14 nitrogen and oxygen atoms in total. The highest BCUT2D eigenvalue weighted by Crippen LogP contribution is 2.62. The highest BCUT2D eigenvalue weighted by molar-refractivity contribution is 7.49. The normalized spacial score (nSPS) is 24.9. The van der Waals surface area contributed by atoms with E-state index in [4.69, 9.17) is 40.7 Å². The molecule has 0 aromatic carbocycles. The van der Waals surface area contributed by atoms with Crippen LogP contribution in [0.5, 0.6) is 0 Å². The second-order valence-corrected chi connectivity index (χ2v) is 22.0. The van der Waals surface area contributed by atoms with E-state index in [1.54, 1.807) is 125 Å². The monoisotopic (exact) mass is 740 g/mol. The first-order valence-electron chi connectivity index (χ1n) is 15.8. The zero-order valence-corrected chi connectivity index (χ0v) is 34.4. The van der Waals surface area contributed by atoms with Crippen molar-refractivity contribution in [2.24, 2.45) is 0 Å². The van der Waals surface area contributed by atoms with Crippen LogP contribution >= 0.6 is 23.5 Å². The van der Waals surface area contributed by atoms with Crippen molar-refractivity contribution in [3.05, 3.63) is 0 Å². The molecule has 1 aliphatic carbocycles. The van der Waals surface area contributed by atoms with Crippen LogP contribution in [0.15, 0.2) is 0 Å². The molecule has 282 valence electrons. The smallest absolute Gasteiger partial charge is 0.388 e. The molecule has 1 rings (SSSR count). The molecule has 1 saturated carbocycles. The van der Waals surface area contributed by atoms with Gasteiger partial charge in [-0.15, -0.1) is 0 Å². The lowest BCUT2D eigenvalue weighted by atomic mass is 9.87. The van der Waals surface area contributed by atoms with Crippen LogP contribution in [0, 0.1) is 0 Å². The first-order valence-corrected chi connectivity index (χ1v) is 20.2. The van der Waals surface area contributed by atoms with Crippen LogP contribution in [0.3, 0.4) is 0 Å². The Hall–Kier alpha value is 0.250. The van der Waals surface area contributed by atoms with E-state index in [-0.39, 0.29) is 0 Å². The Labute approximate surface area is 283 Å². The number of phosphoric acid groups is 3. The maximum atomic E-state index is 14.3. The number of rotatable bonds is 12.